The number of halogens is 1. The van der Waals surface area contributed by atoms with Crippen molar-refractivity contribution < 1.29 is 43.3 Å². The van der Waals surface area contributed by atoms with Gasteiger partial charge in [-0.2, -0.15) is 0 Å². The third-order valence-electron chi connectivity index (χ3n) is 5.69. The molecule has 0 spiro atoms. The Morgan fingerprint density at radius 3 is 2.50 bits per heavy atom. The van der Waals surface area contributed by atoms with Crippen molar-refractivity contribution in [3.05, 3.63) is 65.3 Å². The smallest absolute Gasteiger partial charge is 0.338 e. The molecule has 1 aromatic rings. The van der Waals surface area contributed by atoms with Gasteiger partial charge in [0.25, 0.3) is 0 Å². The Morgan fingerprint density at radius 1 is 1.13 bits per heavy atom. The molecule has 7 nitrogen and oxygen atoms in total. The summed E-state index contributed by atoms with van der Waals surface area (Å²) in [5, 5.41) is 0. The van der Waals surface area contributed by atoms with Gasteiger partial charge >= 0.3 is 5.97 Å². The first-order valence-corrected chi connectivity index (χ1v) is 11.3. The molecule has 2 aliphatic carbocycles. The monoisotopic (exact) mass is 435 g/mol. The second-order valence-corrected chi connectivity index (χ2v) is 8.29. The summed E-state index contributed by atoms with van der Waals surface area (Å²) in [6.07, 6.45) is 15.4. The van der Waals surface area contributed by atoms with E-state index in [1.165, 1.54) is 36.9 Å². The summed E-state index contributed by atoms with van der Waals surface area (Å²) in [6, 6.07) is 9.15. The van der Waals surface area contributed by atoms with Gasteiger partial charge < -0.3 is 4.74 Å². The van der Waals surface area contributed by atoms with Crippen LogP contribution in [-0.4, -0.2) is 24.7 Å². The lowest BCUT2D eigenvalue weighted by Crippen LogP contribution is -3.16. The van der Waals surface area contributed by atoms with Crippen LogP contribution in [0.2, 0.25) is 0 Å². The first kappa shape index (κ1) is 22.7. The Balaban J connectivity index is 0.000000461. The lowest BCUT2D eigenvalue weighted by atomic mass is 9.80. The maximum Gasteiger partial charge on any atom is 0.338 e. The van der Waals surface area contributed by atoms with Gasteiger partial charge in [-0.25, -0.2) is 23.4 Å². The zero-order valence-electron chi connectivity index (χ0n) is 16.8. The SMILES string of the molecule is CCOC(=O)c1ccc([NH+]2C3CC=CC=C3C=C3CCCCC32)cc1.[O-][Cl+3]([O-])([O-])[O-]. The highest BCUT2D eigenvalue weighted by Crippen LogP contribution is 2.31. The van der Waals surface area contributed by atoms with Gasteiger partial charge in [-0.1, -0.05) is 18.2 Å². The molecule has 1 saturated carbocycles. The summed E-state index contributed by atoms with van der Waals surface area (Å²) in [5.41, 5.74) is 4.99. The summed E-state index contributed by atoms with van der Waals surface area (Å²) >= 11 is 0. The first-order chi connectivity index (χ1) is 14.3. The van der Waals surface area contributed by atoms with Crippen molar-refractivity contribution >= 4 is 11.7 Å². The number of benzene rings is 1. The van der Waals surface area contributed by atoms with Crippen LogP contribution in [0.15, 0.2) is 59.7 Å². The van der Waals surface area contributed by atoms with Gasteiger partial charge in [-0.05, 0) is 62.1 Å². The summed E-state index contributed by atoms with van der Waals surface area (Å²) < 4.78 is 39.1. The van der Waals surface area contributed by atoms with Crippen LogP contribution in [0, 0.1) is 10.2 Å². The minimum absolute atomic E-state index is 0.234. The summed E-state index contributed by atoms with van der Waals surface area (Å²) in [7, 11) is -4.94. The number of nitrogens with one attached hydrogen (secondary N) is 1. The van der Waals surface area contributed by atoms with E-state index >= 15 is 0 Å². The number of hydrogen-bond acceptors (Lipinski definition) is 6. The van der Waals surface area contributed by atoms with Gasteiger partial charge in [0.05, 0.1) is 12.2 Å². The third-order valence-corrected chi connectivity index (χ3v) is 5.69. The molecule has 1 N–H and O–H groups in total. The highest BCUT2D eigenvalue weighted by Gasteiger charge is 2.40. The van der Waals surface area contributed by atoms with Crippen LogP contribution in [0.5, 0.6) is 0 Å². The number of rotatable bonds is 3. The molecule has 1 aliphatic heterocycles. The fourth-order valence-corrected chi connectivity index (χ4v) is 4.54. The summed E-state index contributed by atoms with van der Waals surface area (Å²) in [4.78, 5) is 13.5. The standard InChI is InChI=1S/C22H25NO2.ClHO4/c1-2-25-22(24)16-11-13-19(14-12-16)23-20-9-5-3-7-17(20)15-18-8-4-6-10-21(18)23;2-1(3,4)5/h3,5,7,11-15,20-21H,2,4,6,8-10H2,1H3;(H,2,3,4,5). The largest absolute Gasteiger partial charge is 0.462 e. The average Bonchev–Trinajstić information content (AvgIpc) is 2.71. The van der Waals surface area contributed by atoms with Crippen molar-refractivity contribution in [2.45, 2.75) is 51.1 Å². The van der Waals surface area contributed by atoms with E-state index in [0.29, 0.717) is 24.3 Å². The minimum Gasteiger partial charge on any atom is -0.462 e. The van der Waals surface area contributed by atoms with Crippen molar-refractivity contribution in [1.82, 2.24) is 0 Å². The van der Waals surface area contributed by atoms with Crippen molar-refractivity contribution in [1.29, 1.82) is 0 Å². The van der Waals surface area contributed by atoms with E-state index in [9.17, 15) is 4.79 Å². The van der Waals surface area contributed by atoms with Crippen molar-refractivity contribution in [3.63, 3.8) is 0 Å². The second-order valence-electron chi connectivity index (χ2n) is 7.53. The number of carbonyl (C=O) groups is 1. The van der Waals surface area contributed by atoms with Gasteiger partial charge in [0.2, 0.25) is 0 Å². The fourth-order valence-electron chi connectivity index (χ4n) is 4.54. The predicted octanol–water partition coefficient (Wildman–Crippen LogP) is -1.24. The fraction of sp³-hybridized carbons (Fsp3) is 0.409. The highest BCUT2D eigenvalue weighted by atomic mass is 35.7. The van der Waals surface area contributed by atoms with Crippen LogP contribution in [0.1, 0.15) is 49.4 Å². The van der Waals surface area contributed by atoms with Gasteiger partial charge in [0, 0.05) is 18.4 Å². The van der Waals surface area contributed by atoms with Crippen LogP contribution < -0.4 is 23.5 Å². The van der Waals surface area contributed by atoms with E-state index in [1.54, 1.807) is 10.5 Å². The quantitative estimate of drug-likeness (QED) is 0.592. The molecular weight excluding hydrogens is 410 g/mol. The molecule has 3 unspecified atom stereocenters. The molecule has 162 valence electrons. The zero-order chi connectivity index (χ0) is 21.7. The molecule has 0 saturated heterocycles. The van der Waals surface area contributed by atoms with E-state index in [1.807, 2.05) is 19.1 Å². The van der Waals surface area contributed by atoms with E-state index in [4.69, 9.17) is 23.4 Å². The van der Waals surface area contributed by atoms with E-state index in [0.717, 1.165) is 6.42 Å². The topological polar surface area (TPSA) is 123 Å². The normalized spacial score (nSPS) is 25.0. The van der Waals surface area contributed by atoms with Crippen LogP contribution in [0.3, 0.4) is 0 Å². The maximum absolute atomic E-state index is 11.9. The highest BCUT2D eigenvalue weighted by molar-refractivity contribution is 5.89. The molecule has 0 radical (unpaired) electrons. The van der Waals surface area contributed by atoms with Crippen LogP contribution in [0.4, 0.5) is 5.69 Å². The molecule has 1 heterocycles. The Morgan fingerprint density at radius 2 is 1.83 bits per heavy atom. The number of ether oxygens (including phenoxy) is 1. The van der Waals surface area contributed by atoms with Crippen LogP contribution >= 0.6 is 0 Å². The molecule has 1 aromatic carbocycles. The van der Waals surface area contributed by atoms with Crippen LogP contribution in [0.25, 0.3) is 0 Å². The zero-order valence-corrected chi connectivity index (χ0v) is 17.6. The lowest BCUT2D eigenvalue weighted by Gasteiger charge is -2.42. The molecule has 0 bridgehead atoms. The summed E-state index contributed by atoms with van der Waals surface area (Å²) in [6.45, 7) is 2.25. The Bertz CT molecular complexity index is 834. The number of quaternary nitrogens is 1. The molecule has 0 aromatic heterocycles. The number of fused-ring (bicyclic) bond motifs is 2. The molecule has 8 heteroatoms. The second kappa shape index (κ2) is 9.87. The Kier molecular flexibility index (Phi) is 7.46. The van der Waals surface area contributed by atoms with Crippen molar-refractivity contribution in [2.75, 3.05) is 6.61 Å². The number of esters is 1. The van der Waals surface area contributed by atoms with E-state index in [-0.39, 0.29) is 5.97 Å². The maximum atomic E-state index is 11.9. The Hall–Kier alpha value is -2.00. The minimum atomic E-state index is -4.94. The molecule has 3 aliphatic rings. The van der Waals surface area contributed by atoms with Gasteiger partial charge in [0.1, 0.15) is 17.8 Å². The molecule has 4 rings (SSSR count). The third kappa shape index (κ3) is 5.78. The molecule has 1 fully saturated rings. The van der Waals surface area contributed by atoms with E-state index in [2.05, 4.69) is 36.4 Å². The molecule has 3 atom stereocenters. The average molecular weight is 436 g/mol. The predicted molar refractivity (Wildman–Crippen MR) is 99.0 cm³/mol. The number of carbonyl (C=O) groups excluding carboxylic acids is 1. The molecular formula is C22H26ClNO6. The number of hydrogen-bond donors (Lipinski definition) is 1. The Labute approximate surface area is 178 Å². The van der Waals surface area contributed by atoms with Gasteiger partial charge in [-0.15, -0.1) is 10.2 Å². The van der Waals surface area contributed by atoms with E-state index < -0.39 is 10.2 Å². The first-order valence-electron chi connectivity index (χ1n) is 10.1. The van der Waals surface area contributed by atoms with Crippen molar-refractivity contribution in [3.8, 4) is 0 Å². The van der Waals surface area contributed by atoms with Crippen LogP contribution in [-0.2, 0) is 4.74 Å². The number of allylic oxidation sites excluding steroid dienone is 2. The molecule has 0 amide bonds. The van der Waals surface area contributed by atoms with Crippen molar-refractivity contribution in [2.24, 2.45) is 0 Å². The summed E-state index contributed by atoms with van der Waals surface area (Å²) in [5.74, 6) is -0.234. The molecule has 30 heavy (non-hydrogen) atoms. The van der Waals surface area contributed by atoms with Gasteiger partial charge in [0.15, 0.2) is 0 Å². The lowest BCUT2D eigenvalue weighted by molar-refractivity contribution is -2.00. The van der Waals surface area contributed by atoms with Gasteiger partial charge in [-0.3, -0.25) is 4.90 Å².